The predicted molar refractivity (Wildman–Crippen MR) is 68.8 cm³/mol. The Morgan fingerprint density at radius 2 is 1.84 bits per heavy atom. The van der Waals surface area contributed by atoms with E-state index in [0.29, 0.717) is 11.4 Å². The highest BCUT2D eigenvalue weighted by Gasteiger charge is 2.12. The Morgan fingerprint density at radius 3 is 2.47 bits per heavy atom. The minimum atomic E-state index is -0.796. The molecule has 1 N–H and O–H groups in total. The van der Waals surface area contributed by atoms with Gasteiger partial charge >= 0.3 is 0 Å². The van der Waals surface area contributed by atoms with E-state index in [2.05, 4.69) is 4.98 Å². The molecule has 0 radical (unpaired) electrons. The second kappa shape index (κ2) is 5.75. The number of likely N-dealkylation sites (N-methyl/N-ethyl adjacent to an activating group) is 1. The van der Waals surface area contributed by atoms with Gasteiger partial charge < -0.3 is 10.0 Å². The Kier molecular flexibility index (Phi) is 4.06. The molecule has 0 fully saturated rings. The number of rotatable bonds is 4. The normalized spacial score (nSPS) is 12.2. The molecule has 5 heteroatoms. The Balaban J connectivity index is 2.06. The molecule has 3 nitrogen and oxygen atoms in total. The van der Waals surface area contributed by atoms with Crippen LogP contribution in [-0.4, -0.2) is 23.7 Å². The summed E-state index contributed by atoms with van der Waals surface area (Å²) < 4.78 is 25.8. The highest BCUT2D eigenvalue weighted by atomic mass is 19.1. The van der Waals surface area contributed by atoms with Crippen LogP contribution in [0.1, 0.15) is 11.7 Å². The molecule has 0 spiro atoms. The Bertz CT molecular complexity index is 545. The molecule has 1 heterocycles. The van der Waals surface area contributed by atoms with E-state index >= 15 is 0 Å². The summed E-state index contributed by atoms with van der Waals surface area (Å²) in [7, 11) is 1.70. The fourth-order valence-corrected chi connectivity index (χ4v) is 1.75. The molecule has 0 saturated carbocycles. The van der Waals surface area contributed by atoms with Gasteiger partial charge in [-0.05, 0) is 29.8 Å². The zero-order valence-corrected chi connectivity index (χ0v) is 10.4. The second-order valence-electron chi connectivity index (χ2n) is 4.27. The highest BCUT2D eigenvalue weighted by molar-refractivity contribution is 5.37. The van der Waals surface area contributed by atoms with E-state index in [1.54, 1.807) is 24.1 Å². The van der Waals surface area contributed by atoms with Crippen LogP contribution < -0.4 is 4.90 Å². The molecule has 0 aliphatic heterocycles. The minimum absolute atomic E-state index is 0.238. The van der Waals surface area contributed by atoms with Crippen LogP contribution in [-0.2, 0) is 0 Å². The van der Waals surface area contributed by atoms with Gasteiger partial charge in [-0.2, -0.15) is 4.39 Å². The fraction of sp³-hybridized carbons (Fsp3) is 0.214. The van der Waals surface area contributed by atoms with E-state index in [1.165, 1.54) is 30.3 Å². The highest BCUT2D eigenvalue weighted by Crippen LogP contribution is 2.17. The van der Waals surface area contributed by atoms with Gasteiger partial charge in [-0.25, -0.2) is 9.37 Å². The summed E-state index contributed by atoms with van der Waals surface area (Å²) in [4.78, 5) is 5.36. The average Bonchev–Trinajstić information content (AvgIpc) is 2.39. The van der Waals surface area contributed by atoms with Crippen LogP contribution in [0.25, 0.3) is 0 Å². The molecule has 0 saturated heterocycles. The van der Waals surface area contributed by atoms with Gasteiger partial charge in [0.1, 0.15) is 11.6 Å². The quantitative estimate of drug-likeness (QED) is 0.862. The number of hydrogen-bond donors (Lipinski definition) is 1. The van der Waals surface area contributed by atoms with E-state index in [0.717, 1.165) is 0 Å². The molecule has 1 unspecified atom stereocenters. The third kappa shape index (κ3) is 3.48. The van der Waals surface area contributed by atoms with Crippen molar-refractivity contribution in [2.45, 2.75) is 6.10 Å². The van der Waals surface area contributed by atoms with Gasteiger partial charge in [-0.1, -0.05) is 18.2 Å². The zero-order chi connectivity index (χ0) is 13.8. The summed E-state index contributed by atoms with van der Waals surface area (Å²) in [6.45, 7) is 0.238. The summed E-state index contributed by atoms with van der Waals surface area (Å²) in [6, 6.07) is 10.1. The van der Waals surface area contributed by atoms with Gasteiger partial charge in [0.25, 0.3) is 0 Å². The first-order valence-electron chi connectivity index (χ1n) is 5.83. The smallest absolute Gasteiger partial charge is 0.214 e. The van der Waals surface area contributed by atoms with Crippen molar-refractivity contribution in [1.82, 2.24) is 4.98 Å². The average molecular weight is 264 g/mol. The van der Waals surface area contributed by atoms with Crippen molar-refractivity contribution in [3.8, 4) is 0 Å². The molecule has 0 aliphatic rings. The SMILES string of the molecule is CN(CC(O)c1ccc(F)cc1)c1cccc(F)n1. The maximum Gasteiger partial charge on any atom is 0.214 e. The number of benzene rings is 1. The topological polar surface area (TPSA) is 36.4 Å². The molecule has 19 heavy (non-hydrogen) atoms. The summed E-state index contributed by atoms with van der Waals surface area (Å²) in [5.41, 5.74) is 0.602. The monoisotopic (exact) mass is 264 g/mol. The van der Waals surface area contributed by atoms with Crippen molar-refractivity contribution in [3.05, 3.63) is 59.8 Å². The number of aromatic nitrogens is 1. The van der Waals surface area contributed by atoms with Gasteiger partial charge in [-0.15, -0.1) is 0 Å². The molecular formula is C14H14F2N2O. The number of anilines is 1. The lowest BCUT2D eigenvalue weighted by Gasteiger charge is -2.21. The third-order valence-electron chi connectivity index (χ3n) is 2.79. The first-order valence-corrected chi connectivity index (χ1v) is 5.83. The number of nitrogens with zero attached hydrogens (tertiary/aromatic N) is 2. The molecule has 0 aliphatic carbocycles. The molecule has 0 bridgehead atoms. The van der Waals surface area contributed by atoms with Crippen molar-refractivity contribution >= 4 is 5.82 Å². The van der Waals surface area contributed by atoms with Crippen molar-refractivity contribution in [2.75, 3.05) is 18.5 Å². The largest absolute Gasteiger partial charge is 0.387 e. The van der Waals surface area contributed by atoms with Crippen molar-refractivity contribution in [2.24, 2.45) is 0 Å². The molecular weight excluding hydrogens is 250 g/mol. The summed E-state index contributed by atoms with van der Waals surface area (Å²) >= 11 is 0. The van der Waals surface area contributed by atoms with Crippen LogP contribution in [0.15, 0.2) is 42.5 Å². The van der Waals surface area contributed by atoms with Gasteiger partial charge in [0.05, 0.1) is 6.10 Å². The van der Waals surface area contributed by atoms with Crippen LogP contribution in [0.5, 0.6) is 0 Å². The third-order valence-corrected chi connectivity index (χ3v) is 2.79. The Morgan fingerprint density at radius 1 is 1.16 bits per heavy atom. The molecule has 1 aromatic heterocycles. The lowest BCUT2D eigenvalue weighted by atomic mass is 10.1. The van der Waals surface area contributed by atoms with E-state index in [4.69, 9.17) is 0 Å². The second-order valence-corrected chi connectivity index (χ2v) is 4.27. The molecule has 2 rings (SSSR count). The minimum Gasteiger partial charge on any atom is -0.387 e. The summed E-state index contributed by atoms with van der Waals surface area (Å²) in [6.07, 6.45) is -0.796. The molecule has 1 atom stereocenters. The van der Waals surface area contributed by atoms with E-state index < -0.39 is 12.1 Å². The summed E-state index contributed by atoms with van der Waals surface area (Å²) in [5, 5.41) is 10.0. The van der Waals surface area contributed by atoms with Crippen LogP contribution in [0.2, 0.25) is 0 Å². The fourth-order valence-electron chi connectivity index (χ4n) is 1.75. The van der Waals surface area contributed by atoms with E-state index in [1.807, 2.05) is 0 Å². The maximum absolute atomic E-state index is 13.0. The van der Waals surface area contributed by atoms with E-state index in [-0.39, 0.29) is 12.4 Å². The first kappa shape index (κ1) is 13.4. The number of aliphatic hydroxyl groups excluding tert-OH is 1. The van der Waals surface area contributed by atoms with Gasteiger partial charge in [0.15, 0.2) is 0 Å². The van der Waals surface area contributed by atoms with Crippen LogP contribution in [0.4, 0.5) is 14.6 Å². The van der Waals surface area contributed by atoms with Gasteiger partial charge in [0, 0.05) is 13.6 Å². The standard InChI is InChI=1S/C14H14F2N2O/c1-18(14-4-2-3-13(16)17-14)9-12(19)10-5-7-11(15)8-6-10/h2-8,12,19H,9H2,1H3. The van der Waals surface area contributed by atoms with Crippen LogP contribution in [0, 0.1) is 11.8 Å². The van der Waals surface area contributed by atoms with Gasteiger partial charge in [0.2, 0.25) is 5.95 Å². The molecule has 0 amide bonds. The molecule has 1 aromatic carbocycles. The summed E-state index contributed by atoms with van der Waals surface area (Å²) in [5.74, 6) is -0.488. The molecule has 100 valence electrons. The predicted octanol–water partition coefficient (Wildman–Crippen LogP) is 2.53. The van der Waals surface area contributed by atoms with Crippen LogP contribution in [0.3, 0.4) is 0 Å². The van der Waals surface area contributed by atoms with Crippen molar-refractivity contribution in [3.63, 3.8) is 0 Å². The van der Waals surface area contributed by atoms with Crippen LogP contribution >= 0.6 is 0 Å². The Labute approximate surface area is 110 Å². The first-order chi connectivity index (χ1) is 9.06. The molecule has 2 aromatic rings. The van der Waals surface area contributed by atoms with Crippen molar-refractivity contribution < 1.29 is 13.9 Å². The van der Waals surface area contributed by atoms with Gasteiger partial charge in [-0.3, -0.25) is 0 Å². The maximum atomic E-state index is 13.0. The lowest BCUT2D eigenvalue weighted by Crippen LogP contribution is -2.25. The number of hydrogen-bond acceptors (Lipinski definition) is 3. The number of pyridine rings is 1. The number of aliphatic hydroxyl groups is 1. The lowest BCUT2D eigenvalue weighted by molar-refractivity contribution is 0.184. The van der Waals surface area contributed by atoms with Crippen molar-refractivity contribution in [1.29, 1.82) is 0 Å². The van der Waals surface area contributed by atoms with E-state index in [9.17, 15) is 13.9 Å². The Hall–Kier alpha value is -2.01. The zero-order valence-electron chi connectivity index (χ0n) is 10.4. The number of halogens is 2.